The molecule has 1 atom stereocenters. The lowest BCUT2D eigenvalue weighted by Gasteiger charge is -2.31. The van der Waals surface area contributed by atoms with Crippen LogP contribution < -0.4 is 5.32 Å². The monoisotopic (exact) mass is 218 g/mol. The Bertz CT molecular complexity index is 358. The van der Waals surface area contributed by atoms with Gasteiger partial charge in [-0.2, -0.15) is 0 Å². The highest BCUT2D eigenvalue weighted by atomic mass is 14.8. The van der Waals surface area contributed by atoms with Crippen molar-refractivity contribution in [3.05, 3.63) is 29.6 Å². The van der Waals surface area contributed by atoms with Crippen molar-refractivity contribution in [1.29, 1.82) is 0 Å². The second-order valence-corrected chi connectivity index (χ2v) is 5.48. The first-order valence-corrected chi connectivity index (χ1v) is 6.23. The van der Waals surface area contributed by atoms with Crippen molar-refractivity contribution in [3.63, 3.8) is 0 Å². The van der Waals surface area contributed by atoms with E-state index in [2.05, 4.69) is 36.3 Å². The maximum atomic E-state index is 4.59. The summed E-state index contributed by atoms with van der Waals surface area (Å²) in [6.45, 7) is 5.84. The fourth-order valence-electron chi connectivity index (χ4n) is 2.79. The molecule has 16 heavy (non-hydrogen) atoms. The number of fused-ring (bicyclic) bond motifs is 1. The predicted molar refractivity (Wildman–Crippen MR) is 67.6 cm³/mol. The summed E-state index contributed by atoms with van der Waals surface area (Å²) in [6.07, 6.45) is 5.62. The van der Waals surface area contributed by atoms with Crippen LogP contribution in [-0.2, 0) is 6.42 Å². The Labute approximate surface area is 98.5 Å². The maximum Gasteiger partial charge on any atom is 0.0471 e. The molecule has 0 spiro atoms. The minimum absolute atomic E-state index is 0.350. The molecule has 2 nitrogen and oxygen atoms in total. The van der Waals surface area contributed by atoms with E-state index in [1.807, 2.05) is 13.2 Å². The van der Waals surface area contributed by atoms with Crippen LogP contribution >= 0.6 is 0 Å². The van der Waals surface area contributed by atoms with Crippen LogP contribution in [0.2, 0.25) is 0 Å². The molecule has 1 N–H and O–H groups in total. The van der Waals surface area contributed by atoms with Crippen molar-refractivity contribution in [2.75, 3.05) is 13.6 Å². The summed E-state index contributed by atoms with van der Waals surface area (Å²) in [5.74, 6) is 0.636. The zero-order valence-corrected chi connectivity index (χ0v) is 10.6. The Hall–Kier alpha value is -0.890. The van der Waals surface area contributed by atoms with Crippen LogP contribution in [0.3, 0.4) is 0 Å². The summed E-state index contributed by atoms with van der Waals surface area (Å²) in [7, 11) is 2.02. The van der Waals surface area contributed by atoms with Gasteiger partial charge in [-0.1, -0.05) is 19.9 Å². The SMILES string of the molecule is CNCCC(C)(C)C1CCc2cccnc21. The maximum absolute atomic E-state index is 4.59. The van der Waals surface area contributed by atoms with Crippen molar-refractivity contribution in [3.8, 4) is 0 Å². The van der Waals surface area contributed by atoms with Gasteiger partial charge in [0.1, 0.15) is 0 Å². The molecule has 0 amide bonds. The van der Waals surface area contributed by atoms with Crippen LogP contribution in [-0.4, -0.2) is 18.6 Å². The van der Waals surface area contributed by atoms with Crippen LogP contribution in [0.4, 0.5) is 0 Å². The lowest BCUT2D eigenvalue weighted by Crippen LogP contribution is -2.25. The number of hydrogen-bond donors (Lipinski definition) is 1. The molecule has 2 rings (SSSR count). The molecule has 1 unspecified atom stereocenters. The van der Waals surface area contributed by atoms with Gasteiger partial charge in [-0.15, -0.1) is 0 Å². The van der Waals surface area contributed by atoms with E-state index in [1.165, 1.54) is 30.5 Å². The Balaban J connectivity index is 2.17. The van der Waals surface area contributed by atoms with Crippen LogP contribution in [0.15, 0.2) is 18.3 Å². The average molecular weight is 218 g/mol. The number of aryl methyl sites for hydroxylation is 1. The first-order valence-electron chi connectivity index (χ1n) is 6.23. The first-order chi connectivity index (χ1) is 7.65. The van der Waals surface area contributed by atoms with E-state index >= 15 is 0 Å². The van der Waals surface area contributed by atoms with Gasteiger partial charge < -0.3 is 5.32 Å². The molecule has 1 aliphatic carbocycles. The minimum Gasteiger partial charge on any atom is -0.320 e. The number of nitrogens with one attached hydrogen (secondary N) is 1. The van der Waals surface area contributed by atoms with E-state index in [0.29, 0.717) is 11.3 Å². The van der Waals surface area contributed by atoms with Gasteiger partial charge in [0.25, 0.3) is 0 Å². The molecule has 0 radical (unpaired) electrons. The van der Waals surface area contributed by atoms with E-state index in [0.717, 1.165) is 6.54 Å². The molecule has 88 valence electrons. The summed E-state index contributed by atoms with van der Waals surface area (Å²) in [5.41, 5.74) is 3.16. The summed E-state index contributed by atoms with van der Waals surface area (Å²) >= 11 is 0. The van der Waals surface area contributed by atoms with Crippen molar-refractivity contribution in [2.24, 2.45) is 5.41 Å². The van der Waals surface area contributed by atoms with Gasteiger partial charge in [0, 0.05) is 17.8 Å². The van der Waals surface area contributed by atoms with Gasteiger partial charge in [-0.05, 0) is 49.9 Å². The highest BCUT2D eigenvalue weighted by Gasteiger charge is 2.35. The van der Waals surface area contributed by atoms with E-state index in [1.54, 1.807) is 0 Å². The topological polar surface area (TPSA) is 24.9 Å². The third-order valence-corrected chi connectivity index (χ3v) is 3.92. The Morgan fingerprint density at radius 2 is 2.31 bits per heavy atom. The fourth-order valence-corrected chi connectivity index (χ4v) is 2.79. The van der Waals surface area contributed by atoms with E-state index < -0.39 is 0 Å². The number of nitrogens with zero attached hydrogens (tertiary/aromatic N) is 1. The minimum atomic E-state index is 0.350. The zero-order chi connectivity index (χ0) is 11.6. The van der Waals surface area contributed by atoms with Gasteiger partial charge in [0.05, 0.1) is 0 Å². The van der Waals surface area contributed by atoms with Crippen LogP contribution in [0.25, 0.3) is 0 Å². The van der Waals surface area contributed by atoms with Gasteiger partial charge in [0.15, 0.2) is 0 Å². The molecular weight excluding hydrogens is 196 g/mol. The van der Waals surface area contributed by atoms with Gasteiger partial charge >= 0.3 is 0 Å². The molecule has 1 aromatic heterocycles. The summed E-state index contributed by atoms with van der Waals surface area (Å²) < 4.78 is 0. The van der Waals surface area contributed by atoms with Crippen molar-refractivity contribution >= 4 is 0 Å². The first kappa shape index (κ1) is 11.6. The lowest BCUT2D eigenvalue weighted by atomic mass is 9.75. The summed E-state index contributed by atoms with van der Waals surface area (Å²) in [5, 5.41) is 3.25. The predicted octanol–water partition coefficient (Wildman–Crippen LogP) is 2.75. The van der Waals surface area contributed by atoms with Crippen molar-refractivity contribution < 1.29 is 0 Å². The van der Waals surface area contributed by atoms with Crippen LogP contribution in [0.5, 0.6) is 0 Å². The number of rotatable bonds is 4. The highest BCUT2D eigenvalue weighted by molar-refractivity contribution is 5.30. The number of hydrogen-bond acceptors (Lipinski definition) is 2. The second kappa shape index (κ2) is 4.54. The van der Waals surface area contributed by atoms with Gasteiger partial charge in [0.2, 0.25) is 0 Å². The Morgan fingerprint density at radius 1 is 1.50 bits per heavy atom. The highest BCUT2D eigenvalue weighted by Crippen LogP contribution is 2.45. The quantitative estimate of drug-likeness (QED) is 0.840. The van der Waals surface area contributed by atoms with E-state index in [4.69, 9.17) is 0 Å². The van der Waals surface area contributed by atoms with E-state index in [-0.39, 0.29) is 0 Å². The molecule has 0 saturated carbocycles. The average Bonchev–Trinajstić information content (AvgIpc) is 2.71. The van der Waals surface area contributed by atoms with Gasteiger partial charge in [-0.25, -0.2) is 0 Å². The lowest BCUT2D eigenvalue weighted by molar-refractivity contribution is 0.256. The normalized spacial score (nSPS) is 19.8. The molecule has 2 heteroatoms. The molecule has 1 heterocycles. The fraction of sp³-hybridized carbons (Fsp3) is 0.643. The molecule has 0 aliphatic heterocycles. The number of aromatic nitrogens is 1. The third-order valence-electron chi connectivity index (χ3n) is 3.92. The molecular formula is C14H22N2. The molecule has 0 aromatic carbocycles. The van der Waals surface area contributed by atoms with Crippen LogP contribution in [0.1, 0.15) is 43.9 Å². The molecule has 1 aromatic rings. The molecule has 1 aliphatic rings. The molecule has 0 bridgehead atoms. The van der Waals surface area contributed by atoms with Crippen LogP contribution in [0, 0.1) is 5.41 Å². The summed E-state index contributed by atoms with van der Waals surface area (Å²) in [6, 6.07) is 4.29. The standard InChI is InChI=1S/C14H22N2/c1-14(2,8-10-15-3)12-7-6-11-5-4-9-16-13(11)12/h4-5,9,12,15H,6-8,10H2,1-3H3. The summed E-state index contributed by atoms with van der Waals surface area (Å²) in [4.78, 5) is 4.59. The Morgan fingerprint density at radius 3 is 3.06 bits per heavy atom. The Kier molecular flexibility index (Phi) is 3.29. The van der Waals surface area contributed by atoms with E-state index in [9.17, 15) is 0 Å². The second-order valence-electron chi connectivity index (χ2n) is 5.48. The van der Waals surface area contributed by atoms with Crippen molar-refractivity contribution in [1.82, 2.24) is 10.3 Å². The molecule has 0 fully saturated rings. The number of pyridine rings is 1. The molecule has 0 saturated heterocycles. The smallest absolute Gasteiger partial charge is 0.0471 e. The van der Waals surface area contributed by atoms with Gasteiger partial charge in [-0.3, -0.25) is 4.98 Å². The van der Waals surface area contributed by atoms with Crippen molar-refractivity contribution in [2.45, 2.75) is 39.0 Å². The largest absolute Gasteiger partial charge is 0.320 e. The third kappa shape index (κ3) is 2.12. The zero-order valence-electron chi connectivity index (χ0n) is 10.6.